The molecule has 0 radical (unpaired) electrons. The lowest BCUT2D eigenvalue weighted by Gasteiger charge is -2.13. The highest BCUT2D eigenvalue weighted by molar-refractivity contribution is 5.70. The van der Waals surface area contributed by atoms with Gasteiger partial charge in [0.25, 0.3) is 0 Å². The van der Waals surface area contributed by atoms with E-state index in [2.05, 4.69) is 0 Å². The van der Waals surface area contributed by atoms with Crippen LogP contribution in [0.5, 0.6) is 11.5 Å². The Labute approximate surface area is 118 Å². The van der Waals surface area contributed by atoms with E-state index in [9.17, 15) is 18.0 Å². The van der Waals surface area contributed by atoms with Crippen molar-refractivity contribution in [2.24, 2.45) is 0 Å². The van der Waals surface area contributed by atoms with Gasteiger partial charge in [-0.3, -0.25) is 4.79 Å². The summed E-state index contributed by atoms with van der Waals surface area (Å²) < 4.78 is 43.8. The van der Waals surface area contributed by atoms with Crippen LogP contribution < -0.4 is 4.74 Å². The zero-order chi connectivity index (χ0) is 15.5. The van der Waals surface area contributed by atoms with Crippen molar-refractivity contribution in [2.75, 3.05) is 0 Å². The lowest BCUT2D eigenvalue weighted by Crippen LogP contribution is -2.07. The van der Waals surface area contributed by atoms with Crippen molar-refractivity contribution < 1.29 is 27.8 Å². The van der Waals surface area contributed by atoms with Crippen LogP contribution in [0, 0.1) is 0 Å². The first-order valence-electron chi connectivity index (χ1n) is 6.01. The molecule has 21 heavy (non-hydrogen) atoms. The lowest BCUT2D eigenvalue weighted by molar-refractivity contribution is -0.138. The van der Waals surface area contributed by atoms with Crippen molar-refractivity contribution in [1.82, 2.24) is 0 Å². The van der Waals surface area contributed by atoms with Gasteiger partial charge < -0.3 is 9.84 Å². The van der Waals surface area contributed by atoms with Crippen molar-refractivity contribution in [3.63, 3.8) is 0 Å². The Morgan fingerprint density at radius 1 is 1.10 bits per heavy atom. The Balaban J connectivity index is 2.29. The normalized spacial score (nSPS) is 11.2. The van der Waals surface area contributed by atoms with E-state index in [1.165, 1.54) is 36.4 Å². The van der Waals surface area contributed by atoms with Gasteiger partial charge in [0, 0.05) is 0 Å². The summed E-state index contributed by atoms with van der Waals surface area (Å²) >= 11 is 0. The topological polar surface area (TPSA) is 46.5 Å². The van der Waals surface area contributed by atoms with Crippen molar-refractivity contribution in [1.29, 1.82) is 0 Å². The fourth-order valence-electron chi connectivity index (χ4n) is 1.81. The molecule has 6 heteroatoms. The van der Waals surface area contributed by atoms with Crippen LogP contribution in [-0.2, 0) is 17.4 Å². The van der Waals surface area contributed by atoms with E-state index >= 15 is 0 Å². The van der Waals surface area contributed by atoms with Crippen molar-refractivity contribution >= 4 is 5.97 Å². The third-order valence-corrected chi connectivity index (χ3v) is 2.67. The molecule has 0 amide bonds. The number of hydrogen-bond donors (Lipinski definition) is 1. The first-order valence-corrected chi connectivity index (χ1v) is 6.01. The second-order valence-corrected chi connectivity index (χ2v) is 4.31. The van der Waals surface area contributed by atoms with Crippen LogP contribution in [0.4, 0.5) is 13.2 Å². The predicted molar refractivity (Wildman–Crippen MR) is 69.3 cm³/mol. The highest BCUT2D eigenvalue weighted by Gasteiger charge is 2.34. The molecule has 2 aromatic carbocycles. The summed E-state index contributed by atoms with van der Waals surface area (Å²) in [6, 6.07) is 10.8. The number of alkyl halides is 3. The number of hydrogen-bond acceptors (Lipinski definition) is 2. The third kappa shape index (κ3) is 3.98. The molecular weight excluding hydrogens is 285 g/mol. The van der Waals surface area contributed by atoms with Gasteiger partial charge in [-0.25, -0.2) is 0 Å². The van der Waals surface area contributed by atoms with Gasteiger partial charge in [-0.1, -0.05) is 24.3 Å². The van der Waals surface area contributed by atoms with Gasteiger partial charge in [-0.15, -0.1) is 0 Å². The van der Waals surface area contributed by atoms with E-state index in [1.807, 2.05) is 0 Å². The summed E-state index contributed by atoms with van der Waals surface area (Å²) in [7, 11) is 0. The molecule has 0 aromatic heterocycles. The van der Waals surface area contributed by atoms with Crippen LogP contribution in [0.25, 0.3) is 0 Å². The van der Waals surface area contributed by atoms with Crippen LogP contribution >= 0.6 is 0 Å². The Kier molecular flexibility index (Phi) is 4.16. The molecule has 0 saturated heterocycles. The molecule has 0 atom stereocenters. The van der Waals surface area contributed by atoms with Gasteiger partial charge in [0.05, 0.1) is 12.0 Å². The zero-order valence-electron chi connectivity index (χ0n) is 10.7. The van der Waals surface area contributed by atoms with E-state index in [4.69, 9.17) is 9.84 Å². The largest absolute Gasteiger partial charge is 0.481 e. The second kappa shape index (κ2) is 5.87. The lowest BCUT2D eigenvalue weighted by atomic mass is 10.1. The molecule has 2 rings (SSSR count). The third-order valence-electron chi connectivity index (χ3n) is 2.67. The molecule has 1 N–H and O–H groups in total. The summed E-state index contributed by atoms with van der Waals surface area (Å²) in [5.74, 6) is -1.19. The van der Waals surface area contributed by atoms with E-state index < -0.39 is 17.7 Å². The van der Waals surface area contributed by atoms with Crippen LogP contribution in [0.1, 0.15) is 11.1 Å². The smallest absolute Gasteiger partial charge is 0.419 e. The molecule has 0 aliphatic heterocycles. The van der Waals surface area contributed by atoms with Gasteiger partial charge in [-0.05, 0) is 29.8 Å². The predicted octanol–water partition coefficient (Wildman–Crippen LogP) is 4.12. The number of ether oxygens (including phenoxy) is 1. The van der Waals surface area contributed by atoms with E-state index in [0.717, 1.165) is 6.07 Å². The number of carboxylic acids is 1. The number of benzene rings is 2. The highest BCUT2D eigenvalue weighted by atomic mass is 19.4. The Hall–Kier alpha value is -2.50. The molecular formula is C15H11F3O3. The summed E-state index contributed by atoms with van der Waals surface area (Å²) in [5, 5.41) is 8.71. The van der Waals surface area contributed by atoms with Crippen molar-refractivity contribution in [3.8, 4) is 11.5 Å². The van der Waals surface area contributed by atoms with Crippen molar-refractivity contribution in [2.45, 2.75) is 12.6 Å². The summed E-state index contributed by atoms with van der Waals surface area (Å²) in [6.45, 7) is 0. The summed E-state index contributed by atoms with van der Waals surface area (Å²) in [5.41, 5.74) is -0.432. The zero-order valence-corrected chi connectivity index (χ0v) is 10.7. The first-order chi connectivity index (χ1) is 9.86. The molecule has 110 valence electrons. The van der Waals surface area contributed by atoms with Gasteiger partial charge in [-0.2, -0.15) is 13.2 Å². The number of halogens is 3. The van der Waals surface area contributed by atoms with Gasteiger partial charge in [0.2, 0.25) is 0 Å². The van der Waals surface area contributed by atoms with Gasteiger partial charge >= 0.3 is 12.1 Å². The molecule has 0 fully saturated rings. The molecule has 0 bridgehead atoms. The summed E-state index contributed by atoms with van der Waals surface area (Å²) in [4.78, 5) is 10.6. The number of rotatable bonds is 4. The van der Waals surface area contributed by atoms with Crippen LogP contribution in [0.2, 0.25) is 0 Å². The Morgan fingerprint density at radius 2 is 1.81 bits per heavy atom. The number of para-hydroxylation sites is 1. The van der Waals surface area contributed by atoms with E-state index in [-0.39, 0.29) is 17.9 Å². The molecule has 0 heterocycles. The minimum atomic E-state index is -4.52. The molecule has 3 nitrogen and oxygen atoms in total. The van der Waals surface area contributed by atoms with E-state index in [0.29, 0.717) is 5.56 Å². The second-order valence-electron chi connectivity index (χ2n) is 4.31. The maximum absolute atomic E-state index is 12.8. The average molecular weight is 296 g/mol. The molecule has 0 aliphatic rings. The maximum Gasteiger partial charge on any atom is 0.419 e. The molecule has 0 saturated carbocycles. The fourth-order valence-corrected chi connectivity index (χ4v) is 1.81. The number of carbonyl (C=O) groups is 1. The Bertz CT molecular complexity index is 651. The van der Waals surface area contributed by atoms with E-state index in [1.54, 1.807) is 6.07 Å². The standard InChI is InChI=1S/C15H11F3O3/c16-15(17,18)12-6-1-2-7-13(12)21-11-5-3-4-10(8-11)9-14(19)20/h1-8H,9H2,(H,19,20). The molecule has 2 aromatic rings. The molecule has 0 aliphatic carbocycles. The Morgan fingerprint density at radius 3 is 2.48 bits per heavy atom. The first kappa shape index (κ1) is 14.9. The quantitative estimate of drug-likeness (QED) is 0.923. The number of carboxylic acid groups (broad SMARTS) is 1. The maximum atomic E-state index is 12.8. The SMILES string of the molecule is O=C(O)Cc1cccc(Oc2ccccc2C(F)(F)F)c1. The van der Waals surface area contributed by atoms with Crippen molar-refractivity contribution in [3.05, 3.63) is 59.7 Å². The minimum Gasteiger partial charge on any atom is -0.481 e. The highest BCUT2D eigenvalue weighted by Crippen LogP contribution is 2.37. The van der Waals surface area contributed by atoms with Crippen LogP contribution in [-0.4, -0.2) is 11.1 Å². The molecule has 0 unspecified atom stereocenters. The van der Waals surface area contributed by atoms with Crippen LogP contribution in [0.15, 0.2) is 48.5 Å². The number of aliphatic carboxylic acids is 1. The monoisotopic (exact) mass is 296 g/mol. The minimum absolute atomic E-state index is 0.158. The average Bonchev–Trinajstić information content (AvgIpc) is 2.37. The van der Waals surface area contributed by atoms with Gasteiger partial charge in [0.1, 0.15) is 11.5 Å². The van der Waals surface area contributed by atoms with Crippen LogP contribution in [0.3, 0.4) is 0 Å². The molecule has 0 spiro atoms. The fraction of sp³-hybridized carbons (Fsp3) is 0.133. The summed E-state index contributed by atoms with van der Waals surface area (Å²) in [6.07, 6.45) is -4.74. The van der Waals surface area contributed by atoms with Gasteiger partial charge in [0.15, 0.2) is 0 Å².